The molecule has 1 fully saturated rings. The number of benzene rings is 1. The maximum absolute atomic E-state index is 13.3. The number of piperidine rings is 1. The molecule has 132 valence electrons. The van der Waals surface area contributed by atoms with Crippen molar-refractivity contribution in [3.63, 3.8) is 0 Å². The standard InChI is InChI=1S/C17H19FN4O2S/c1-2-14-20-21-17(25-14)19-15(23)11-6-8-22(9-7-11)16(24)12-4-3-5-13(18)10-12/h3-5,10-11H,2,6-9H2,1H3,(H,19,21,23). The molecule has 1 aliphatic rings. The van der Waals surface area contributed by atoms with Crippen molar-refractivity contribution in [1.29, 1.82) is 0 Å². The van der Waals surface area contributed by atoms with Crippen LogP contribution in [0.2, 0.25) is 0 Å². The Labute approximate surface area is 149 Å². The molecule has 25 heavy (non-hydrogen) atoms. The maximum atomic E-state index is 13.3. The molecule has 6 nitrogen and oxygen atoms in total. The number of nitrogens with one attached hydrogen (secondary N) is 1. The molecule has 0 saturated carbocycles. The van der Waals surface area contributed by atoms with Crippen LogP contribution in [0.1, 0.15) is 35.1 Å². The molecular formula is C17H19FN4O2S. The molecule has 0 radical (unpaired) electrons. The van der Waals surface area contributed by atoms with Gasteiger partial charge >= 0.3 is 0 Å². The highest BCUT2D eigenvalue weighted by Crippen LogP contribution is 2.22. The van der Waals surface area contributed by atoms with Crippen molar-refractivity contribution in [2.75, 3.05) is 18.4 Å². The Morgan fingerprint density at radius 1 is 1.32 bits per heavy atom. The molecule has 1 N–H and O–H groups in total. The first kappa shape index (κ1) is 17.5. The van der Waals surface area contributed by atoms with Crippen LogP contribution in [0.4, 0.5) is 9.52 Å². The fourth-order valence-electron chi connectivity index (χ4n) is 2.80. The van der Waals surface area contributed by atoms with Gasteiger partial charge in [0.05, 0.1) is 0 Å². The Kier molecular flexibility index (Phi) is 5.37. The first-order chi connectivity index (χ1) is 12.1. The predicted octanol–water partition coefficient (Wildman–Crippen LogP) is 2.73. The molecule has 1 aliphatic heterocycles. The Morgan fingerprint density at radius 3 is 2.72 bits per heavy atom. The van der Waals surface area contributed by atoms with Crippen molar-refractivity contribution in [3.05, 3.63) is 40.7 Å². The lowest BCUT2D eigenvalue weighted by Crippen LogP contribution is -2.41. The van der Waals surface area contributed by atoms with Crippen LogP contribution in [0.3, 0.4) is 0 Å². The smallest absolute Gasteiger partial charge is 0.253 e. The van der Waals surface area contributed by atoms with Gasteiger partial charge in [-0.05, 0) is 37.5 Å². The molecule has 0 atom stereocenters. The van der Waals surface area contributed by atoms with Crippen molar-refractivity contribution >= 4 is 28.3 Å². The van der Waals surface area contributed by atoms with Gasteiger partial charge in [-0.15, -0.1) is 10.2 Å². The molecular weight excluding hydrogens is 343 g/mol. The van der Waals surface area contributed by atoms with Crippen LogP contribution in [-0.2, 0) is 11.2 Å². The summed E-state index contributed by atoms with van der Waals surface area (Å²) in [5.74, 6) is -0.874. The molecule has 1 saturated heterocycles. The fraction of sp³-hybridized carbons (Fsp3) is 0.412. The third-order valence-electron chi connectivity index (χ3n) is 4.22. The van der Waals surface area contributed by atoms with Crippen LogP contribution in [0.5, 0.6) is 0 Å². The van der Waals surface area contributed by atoms with E-state index in [2.05, 4.69) is 15.5 Å². The topological polar surface area (TPSA) is 75.2 Å². The number of rotatable bonds is 4. The first-order valence-corrected chi connectivity index (χ1v) is 9.06. The van der Waals surface area contributed by atoms with Crippen LogP contribution >= 0.6 is 11.3 Å². The zero-order valence-corrected chi connectivity index (χ0v) is 14.7. The summed E-state index contributed by atoms with van der Waals surface area (Å²) in [6, 6.07) is 5.67. The second kappa shape index (κ2) is 7.69. The number of nitrogens with zero attached hydrogens (tertiary/aromatic N) is 3. The molecule has 3 rings (SSSR count). The number of carbonyl (C=O) groups excluding carboxylic acids is 2. The number of hydrogen-bond donors (Lipinski definition) is 1. The molecule has 1 aromatic carbocycles. The van der Waals surface area contributed by atoms with E-state index in [-0.39, 0.29) is 17.7 Å². The van der Waals surface area contributed by atoms with Crippen LogP contribution in [0.25, 0.3) is 0 Å². The average Bonchev–Trinajstić information content (AvgIpc) is 3.09. The summed E-state index contributed by atoms with van der Waals surface area (Å²) in [5.41, 5.74) is 0.337. The Bertz CT molecular complexity index is 772. The van der Waals surface area contributed by atoms with Gasteiger partial charge in [-0.1, -0.05) is 24.3 Å². The highest BCUT2D eigenvalue weighted by Gasteiger charge is 2.28. The quantitative estimate of drug-likeness (QED) is 0.907. The molecule has 2 amide bonds. The Morgan fingerprint density at radius 2 is 2.08 bits per heavy atom. The zero-order chi connectivity index (χ0) is 17.8. The maximum Gasteiger partial charge on any atom is 0.253 e. The number of likely N-dealkylation sites (tertiary alicyclic amines) is 1. The van der Waals surface area contributed by atoms with E-state index >= 15 is 0 Å². The van der Waals surface area contributed by atoms with Gasteiger partial charge < -0.3 is 10.2 Å². The molecule has 0 spiro atoms. The summed E-state index contributed by atoms with van der Waals surface area (Å²) in [7, 11) is 0. The summed E-state index contributed by atoms with van der Waals surface area (Å²) in [6.07, 6.45) is 1.94. The largest absolute Gasteiger partial charge is 0.339 e. The van der Waals surface area contributed by atoms with E-state index in [4.69, 9.17) is 0 Å². The fourth-order valence-corrected chi connectivity index (χ4v) is 3.49. The number of hydrogen-bond acceptors (Lipinski definition) is 5. The number of anilines is 1. The summed E-state index contributed by atoms with van der Waals surface area (Å²) in [4.78, 5) is 26.4. The van der Waals surface area contributed by atoms with Crippen molar-refractivity contribution in [1.82, 2.24) is 15.1 Å². The minimum Gasteiger partial charge on any atom is -0.339 e. The lowest BCUT2D eigenvalue weighted by molar-refractivity contribution is -0.121. The van der Waals surface area contributed by atoms with Gasteiger partial charge in [0.25, 0.3) is 5.91 Å². The van der Waals surface area contributed by atoms with E-state index < -0.39 is 5.82 Å². The number of carbonyl (C=O) groups is 2. The Balaban J connectivity index is 1.54. The van der Waals surface area contributed by atoms with Crippen LogP contribution in [0.15, 0.2) is 24.3 Å². The average molecular weight is 362 g/mol. The lowest BCUT2D eigenvalue weighted by atomic mass is 9.95. The third kappa shape index (κ3) is 4.19. The predicted molar refractivity (Wildman–Crippen MR) is 92.9 cm³/mol. The van der Waals surface area contributed by atoms with E-state index in [1.54, 1.807) is 11.0 Å². The van der Waals surface area contributed by atoms with Crippen LogP contribution in [0, 0.1) is 11.7 Å². The van der Waals surface area contributed by atoms with Crippen LogP contribution in [-0.4, -0.2) is 40.0 Å². The van der Waals surface area contributed by atoms with E-state index in [1.165, 1.54) is 29.5 Å². The molecule has 0 unspecified atom stereocenters. The first-order valence-electron chi connectivity index (χ1n) is 8.25. The molecule has 1 aromatic heterocycles. The second-order valence-electron chi connectivity index (χ2n) is 5.92. The highest BCUT2D eigenvalue weighted by molar-refractivity contribution is 7.15. The van der Waals surface area contributed by atoms with E-state index in [1.807, 2.05) is 6.92 Å². The van der Waals surface area contributed by atoms with Crippen molar-refractivity contribution in [2.24, 2.45) is 5.92 Å². The van der Waals surface area contributed by atoms with Gasteiger partial charge in [-0.25, -0.2) is 4.39 Å². The third-order valence-corrected chi connectivity index (χ3v) is 5.21. The van der Waals surface area contributed by atoms with Gasteiger partial charge in [0.1, 0.15) is 10.8 Å². The minimum absolute atomic E-state index is 0.0864. The van der Waals surface area contributed by atoms with Crippen molar-refractivity contribution in [3.8, 4) is 0 Å². The SMILES string of the molecule is CCc1nnc(NC(=O)C2CCN(C(=O)c3cccc(F)c3)CC2)s1. The molecule has 0 aliphatic carbocycles. The zero-order valence-electron chi connectivity index (χ0n) is 13.9. The highest BCUT2D eigenvalue weighted by atomic mass is 32.1. The van der Waals surface area contributed by atoms with Crippen molar-refractivity contribution in [2.45, 2.75) is 26.2 Å². The number of amides is 2. The summed E-state index contributed by atoms with van der Waals surface area (Å²) >= 11 is 1.38. The number of aromatic nitrogens is 2. The van der Waals surface area contributed by atoms with Gasteiger partial charge in [0, 0.05) is 24.6 Å². The van der Waals surface area contributed by atoms with Gasteiger partial charge in [0.2, 0.25) is 11.0 Å². The van der Waals surface area contributed by atoms with E-state index in [9.17, 15) is 14.0 Å². The van der Waals surface area contributed by atoms with Crippen molar-refractivity contribution < 1.29 is 14.0 Å². The molecule has 0 bridgehead atoms. The van der Waals surface area contributed by atoms with E-state index in [0.29, 0.717) is 36.6 Å². The molecule has 8 heteroatoms. The van der Waals surface area contributed by atoms with Crippen LogP contribution < -0.4 is 5.32 Å². The van der Waals surface area contributed by atoms with Gasteiger partial charge in [-0.2, -0.15) is 0 Å². The van der Waals surface area contributed by atoms with Gasteiger partial charge in [0.15, 0.2) is 0 Å². The minimum atomic E-state index is -0.427. The summed E-state index contributed by atoms with van der Waals surface area (Å²) in [6.45, 7) is 2.94. The lowest BCUT2D eigenvalue weighted by Gasteiger charge is -2.31. The Hall–Kier alpha value is -2.35. The molecule has 2 heterocycles. The number of halogens is 1. The number of aryl methyl sites for hydroxylation is 1. The second-order valence-corrected chi connectivity index (χ2v) is 6.98. The van der Waals surface area contributed by atoms with E-state index in [0.717, 1.165) is 11.4 Å². The monoisotopic (exact) mass is 362 g/mol. The van der Waals surface area contributed by atoms with Gasteiger partial charge in [-0.3, -0.25) is 9.59 Å². The summed E-state index contributed by atoms with van der Waals surface area (Å²) < 4.78 is 13.3. The summed E-state index contributed by atoms with van der Waals surface area (Å²) in [5, 5.41) is 12.1. The molecule has 2 aromatic rings. The normalized spacial score (nSPS) is 15.2.